The molecule has 0 saturated heterocycles. The molecule has 0 spiro atoms. The summed E-state index contributed by atoms with van der Waals surface area (Å²) in [6.07, 6.45) is 1.03. The molecular weight excluding hydrogens is 176 g/mol. The van der Waals surface area contributed by atoms with Gasteiger partial charge in [0.15, 0.2) is 0 Å². The summed E-state index contributed by atoms with van der Waals surface area (Å²) in [7, 11) is 1.97. The summed E-state index contributed by atoms with van der Waals surface area (Å²) in [6, 6.07) is 0.597. The topological polar surface area (TPSA) is 47.1 Å². The zero-order valence-corrected chi connectivity index (χ0v) is 9.12. The van der Waals surface area contributed by atoms with Crippen molar-refractivity contribution < 1.29 is 0 Å². The van der Waals surface area contributed by atoms with Crippen LogP contribution in [-0.4, -0.2) is 27.3 Å². The Morgan fingerprint density at radius 3 is 2.79 bits per heavy atom. The van der Waals surface area contributed by atoms with Gasteiger partial charge in [-0.15, -0.1) is 0 Å². The molecule has 0 saturated carbocycles. The van der Waals surface area contributed by atoms with Crippen LogP contribution in [0.1, 0.15) is 25.1 Å². The Balaban J connectivity index is 2.30. The highest BCUT2D eigenvalue weighted by molar-refractivity contribution is 5.43. The van der Waals surface area contributed by atoms with Crippen LogP contribution in [0.3, 0.4) is 0 Å². The lowest BCUT2D eigenvalue weighted by atomic mass is 10.1. The molecule has 0 atom stereocenters. The molecule has 2 rings (SSSR count). The quantitative estimate of drug-likeness (QED) is 0.718. The van der Waals surface area contributed by atoms with E-state index in [4.69, 9.17) is 5.73 Å². The number of nitrogens with two attached hydrogens (primary N) is 1. The van der Waals surface area contributed by atoms with Gasteiger partial charge in [-0.25, -0.2) is 0 Å². The highest BCUT2D eigenvalue weighted by Gasteiger charge is 2.23. The molecule has 1 aliphatic heterocycles. The summed E-state index contributed by atoms with van der Waals surface area (Å²) in [5.41, 5.74) is 8.37. The van der Waals surface area contributed by atoms with Crippen LogP contribution in [-0.2, 0) is 20.0 Å². The fourth-order valence-corrected chi connectivity index (χ4v) is 2.06. The molecule has 0 fully saturated rings. The second-order valence-corrected chi connectivity index (χ2v) is 4.25. The van der Waals surface area contributed by atoms with Crippen molar-refractivity contribution >= 4 is 5.82 Å². The number of nitrogens with zero attached hydrogens (tertiary/aromatic N) is 3. The van der Waals surface area contributed by atoms with E-state index in [1.54, 1.807) is 0 Å². The minimum absolute atomic E-state index is 0.597. The minimum atomic E-state index is 0.597. The molecular formula is C10H18N4. The van der Waals surface area contributed by atoms with E-state index in [-0.39, 0.29) is 0 Å². The molecule has 78 valence electrons. The van der Waals surface area contributed by atoms with Crippen molar-refractivity contribution in [2.75, 3.05) is 12.3 Å². The van der Waals surface area contributed by atoms with Crippen LogP contribution in [0.25, 0.3) is 0 Å². The normalized spacial score (nSPS) is 17.4. The summed E-state index contributed by atoms with van der Waals surface area (Å²) in [4.78, 5) is 2.45. The number of rotatable bonds is 1. The van der Waals surface area contributed by atoms with Gasteiger partial charge in [0.1, 0.15) is 5.82 Å². The van der Waals surface area contributed by atoms with Gasteiger partial charge in [0.05, 0.1) is 5.69 Å². The smallest absolute Gasteiger partial charge is 0.149 e. The molecule has 1 aromatic heterocycles. The first-order valence-corrected chi connectivity index (χ1v) is 5.14. The second kappa shape index (κ2) is 3.28. The van der Waals surface area contributed by atoms with Crippen molar-refractivity contribution in [3.63, 3.8) is 0 Å². The van der Waals surface area contributed by atoms with E-state index >= 15 is 0 Å². The van der Waals surface area contributed by atoms with E-state index in [1.807, 2.05) is 11.7 Å². The number of aryl methyl sites for hydroxylation is 1. The van der Waals surface area contributed by atoms with E-state index in [2.05, 4.69) is 23.8 Å². The van der Waals surface area contributed by atoms with Crippen LogP contribution >= 0.6 is 0 Å². The SMILES string of the molecule is CC(C)N1CCc2c(N)nn(C)c2C1. The largest absolute Gasteiger partial charge is 0.382 e. The zero-order chi connectivity index (χ0) is 10.3. The number of nitrogen functional groups attached to an aromatic ring is 1. The Morgan fingerprint density at radius 1 is 1.43 bits per heavy atom. The fraction of sp³-hybridized carbons (Fsp3) is 0.700. The molecule has 0 radical (unpaired) electrons. The molecule has 4 heteroatoms. The standard InChI is InChI=1S/C10H18N4/c1-7(2)14-5-4-8-9(6-14)13(3)12-10(8)11/h7H,4-6H2,1-3H3,(H2,11,12). The highest BCUT2D eigenvalue weighted by Crippen LogP contribution is 2.24. The summed E-state index contributed by atoms with van der Waals surface area (Å²) >= 11 is 0. The zero-order valence-electron chi connectivity index (χ0n) is 9.12. The summed E-state index contributed by atoms with van der Waals surface area (Å²) < 4.78 is 1.92. The molecule has 2 heterocycles. The molecule has 0 aliphatic carbocycles. The fourth-order valence-electron chi connectivity index (χ4n) is 2.06. The first-order chi connectivity index (χ1) is 6.59. The molecule has 4 nitrogen and oxygen atoms in total. The van der Waals surface area contributed by atoms with Gasteiger partial charge in [-0.1, -0.05) is 0 Å². The second-order valence-electron chi connectivity index (χ2n) is 4.25. The van der Waals surface area contributed by atoms with E-state index < -0.39 is 0 Å². The van der Waals surface area contributed by atoms with E-state index in [1.165, 1.54) is 11.3 Å². The Hall–Kier alpha value is -1.03. The molecule has 0 unspecified atom stereocenters. The lowest BCUT2D eigenvalue weighted by Crippen LogP contribution is -2.36. The number of hydrogen-bond acceptors (Lipinski definition) is 3. The molecule has 0 amide bonds. The van der Waals surface area contributed by atoms with Gasteiger partial charge >= 0.3 is 0 Å². The van der Waals surface area contributed by atoms with Crippen molar-refractivity contribution in [1.82, 2.24) is 14.7 Å². The van der Waals surface area contributed by atoms with Crippen molar-refractivity contribution in [1.29, 1.82) is 0 Å². The van der Waals surface area contributed by atoms with Gasteiger partial charge < -0.3 is 5.73 Å². The predicted octanol–water partition coefficient (Wildman–Crippen LogP) is 0.769. The molecule has 14 heavy (non-hydrogen) atoms. The lowest BCUT2D eigenvalue weighted by molar-refractivity contribution is 0.198. The lowest BCUT2D eigenvalue weighted by Gasteiger charge is -2.30. The number of aromatic nitrogens is 2. The molecule has 0 aromatic carbocycles. The average molecular weight is 194 g/mol. The molecule has 1 aromatic rings. The Bertz CT molecular complexity index is 340. The predicted molar refractivity (Wildman–Crippen MR) is 56.9 cm³/mol. The number of fused-ring (bicyclic) bond motifs is 1. The number of anilines is 1. The van der Waals surface area contributed by atoms with Crippen LogP contribution < -0.4 is 5.73 Å². The maximum absolute atomic E-state index is 5.83. The Kier molecular flexibility index (Phi) is 2.23. The maximum Gasteiger partial charge on any atom is 0.149 e. The van der Waals surface area contributed by atoms with Crippen molar-refractivity contribution in [3.8, 4) is 0 Å². The molecule has 2 N–H and O–H groups in total. The Labute approximate surface area is 84.7 Å². The first-order valence-electron chi connectivity index (χ1n) is 5.14. The third-order valence-corrected chi connectivity index (χ3v) is 3.04. The summed E-state index contributed by atoms with van der Waals surface area (Å²) in [5, 5.41) is 4.25. The minimum Gasteiger partial charge on any atom is -0.382 e. The molecule has 0 bridgehead atoms. The van der Waals surface area contributed by atoms with Crippen LogP contribution in [0.4, 0.5) is 5.82 Å². The van der Waals surface area contributed by atoms with E-state index in [0.29, 0.717) is 11.9 Å². The highest BCUT2D eigenvalue weighted by atomic mass is 15.3. The van der Waals surface area contributed by atoms with E-state index in [9.17, 15) is 0 Å². The van der Waals surface area contributed by atoms with Crippen LogP contribution in [0, 0.1) is 0 Å². The molecule has 1 aliphatic rings. The van der Waals surface area contributed by atoms with Gasteiger partial charge in [-0.05, 0) is 20.3 Å². The summed E-state index contributed by atoms with van der Waals surface area (Å²) in [6.45, 7) is 6.53. The third-order valence-electron chi connectivity index (χ3n) is 3.04. The average Bonchev–Trinajstić information content (AvgIpc) is 2.42. The van der Waals surface area contributed by atoms with Crippen LogP contribution in [0.2, 0.25) is 0 Å². The van der Waals surface area contributed by atoms with Gasteiger partial charge in [0.2, 0.25) is 0 Å². The number of hydrogen-bond donors (Lipinski definition) is 1. The van der Waals surface area contributed by atoms with E-state index in [0.717, 1.165) is 19.5 Å². The van der Waals surface area contributed by atoms with Gasteiger partial charge in [0.25, 0.3) is 0 Å². The first kappa shape index (κ1) is 9.52. The van der Waals surface area contributed by atoms with Gasteiger partial charge in [-0.3, -0.25) is 9.58 Å². The van der Waals surface area contributed by atoms with Gasteiger partial charge in [-0.2, -0.15) is 5.10 Å². The van der Waals surface area contributed by atoms with Crippen molar-refractivity contribution in [3.05, 3.63) is 11.3 Å². The van der Waals surface area contributed by atoms with Crippen molar-refractivity contribution in [2.24, 2.45) is 7.05 Å². The maximum atomic E-state index is 5.83. The monoisotopic (exact) mass is 194 g/mol. The van der Waals surface area contributed by atoms with Crippen LogP contribution in [0.5, 0.6) is 0 Å². The summed E-state index contributed by atoms with van der Waals surface area (Å²) in [5.74, 6) is 0.714. The van der Waals surface area contributed by atoms with Crippen molar-refractivity contribution in [2.45, 2.75) is 32.9 Å². The Morgan fingerprint density at radius 2 is 2.14 bits per heavy atom. The van der Waals surface area contributed by atoms with Gasteiger partial charge in [0, 0.05) is 31.7 Å². The third kappa shape index (κ3) is 1.39. The van der Waals surface area contributed by atoms with Crippen LogP contribution in [0.15, 0.2) is 0 Å².